The van der Waals surface area contributed by atoms with E-state index in [0.717, 1.165) is 6.07 Å². The van der Waals surface area contributed by atoms with E-state index < -0.39 is 16.7 Å². The minimum absolute atomic E-state index is 0.123. The minimum atomic E-state index is -0.767. The molecular weight excluding hydrogens is 217 g/mol. The predicted molar refractivity (Wildman–Crippen MR) is 53.5 cm³/mol. The molecule has 5 nitrogen and oxygen atoms in total. The average molecular weight is 227 g/mol. The normalized spacial score (nSPS) is 9.94. The van der Waals surface area contributed by atoms with Crippen LogP contribution < -0.4 is 0 Å². The molecule has 0 atom stereocenters. The fourth-order valence-electron chi connectivity index (χ4n) is 1.30. The van der Waals surface area contributed by atoms with Crippen molar-refractivity contribution in [2.75, 3.05) is 7.11 Å². The van der Waals surface area contributed by atoms with E-state index in [4.69, 9.17) is 0 Å². The lowest BCUT2D eigenvalue weighted by Crippen LogP contribution is -2.08. The monoisotopic (exact) mass is 227 g/mol. The number of hydrogen-bond donors (Lipinski definition) is 0. The zero-order chi connectivity index (χ0) is 12.3. The molecular formula is C10H10FNO4. The van der Waals surface area contributed by atoms with Crippen LogP contribution in [0.3, 0.4) is 0 Å². The van der Waals surface area contributed by atoms with Gasteiger partial charge in [-0.3, -0.25) is 14.9 Å². The molecule has 1 aromatic carbocycles. The molecule has 0 N–H and O–H groups in total. The standard InChI is InChI=1S/C10H10FNO4/c1-6-3-7(12(14)15)4-9(11)8(6)5-10(13)16-2/h3-4H,5H2,1-2H3. The van der Waals surface area contributed by atoms with E-state index >= 15 is 0 Å². The number of esters is 1. The summed E-state index contributed by atoms with van der Waals surface area (Å²) in [5.74, 6) is -1.35. The van der Waals surface area contributed by atoms with Crippen LogP contribution in [0.1, 0.15) is 11.1 Å². The van der Waals surface area contributed by atoms with Gasteiger partial charge in [0.1, 0.15) is 5.82 Å². The van der Waals surface area contributed by atoms with Crippen LogP contribution in [-0.4, -0.2) is 18.0 Å². The van der Waals surface area contributed by atoms with Gasteiger partial charge in [0.2, 0.25) is 0 Å². The van der Waals surface area contributed by atoms with Gasteiger partial charge in [-0.05, 0) is 12.5 Å². The van der Waals surface area contributed by atoms with Crippen molar-refractivity contribution in [3.05, 3.63) is 39.2 Å². The summed E-state index contributed by atoms with van der Waals surface area (Å²) in [6.07, 6.45) is -0.230. The number of aryl methyl sites for hydroxylation is 1. The van der Waals surface area contributed by atoms with Gasteiger partial charge in [-0.1, -0.05) is 0 Å². The Bertz CT molecular complexity index is 421. The summed E-state index contributed by atoms with van der Waals surface area (Å²) in [6.45, 7) is 1.51. The Morgan fingerprint density at radius 2 is 2.19 bits per heavy atom. The molecule has 1 rings (SSSR count). The lowest BCUT2D eigenvalue weighted by atomic mass is 10.0. The third-order valence-corrected chi connectivity index (χ3v) is 2.16. The fourth-order valence-corrected chi connectivity index (χ4v) is 1.30. The van der Waals surface area contributed by atoms with Crippen LogP contribution in [0.4, 0.5) is 10.1 Å². The Morgan fingerprint density at radius 1 is 1.56 bits per heavy atom. The van der Waals surface area contributed by atoms with Gasteiger partial charge in [0, 0.05) is 11.6 Å². The van der Waals surface area contributed by atoms with Crippen molar-refractivity contribution in [3.63, 3.8) is 0 Å². The van der Waals surface area contributed by atoms with Crippen molar-refractivity contribution in [1.29, 1.82) is 0 Å². The van der Waals surface area contributed by atoms with E-state index in [1.807, 2.05) is 0 Å². The van der Waals surface area contributed by atoms with Crippen LogP contribution >= 0.6 is 0 Å². The maximum absolute atomic E-state index is 13.5. The molecule has 0 aliphatic heterocycles. The molecule has 0 aliphatic rings. The zero-order valence-electron chi connectivity index (χ0n) is 8.82. The second-order valence-corrected chi connectivity index (χ2v) is 3.23. The third-order valence-electron chi connectivity index (χ3n) is 2.16. The van der Waals surface area contributed by atoms with Crippen LogP contribution in [0.15, 0.2) is 12.1 Å². The van der Waals surface area contributed by atoms with Gasteiger partial charge in [-0.15, -0.1) is 0 Å². The molecule has 0 aromatic heterocycles. The minimum Gasteiger partial charge on any atom is -0.469 e. The number of ether oxygens (including phenoxy) is 1. The second kappa shape index (κ2) is 4.69. The number of nitro benzene ring substituents is 1. The van der Waals surface area contributed by atoms with Crippen molar-refractivity contribution < 1.29 is 18.8 Å². The highest BCUT2D eigenvalue weighted by molar-refractivity contribution is 5.73. The highest BCUT2D eigenvalue weighted by atomic mass is 19.1. The Kier molecular flexibility index (Phi) is 3.55. The molecule has 0 heterocycles. The quantitative estimate of drug-likeness (QED) is 0.448. The summed E-state index contributed by atoms with van der Waals surface area (Å²) in [6, 6.07) is 2.02. The molecule has 0 radical (unpaired) electrons. The van der Waals surface area contributed by atoms with Crippen molar-refractivity contribution in [2.24, 2.45) is 0 Å². The summed E-state index contributed by atoms with van der Waals surface area (Å²) >= 11 is 0. The fraction of sp³-hybridized carbons (Fsp3) is 0.300. The van der Waals surface area contributed by atoms with Crippen molar-refractivity contribution in [1.82, 2.24) is 0 Å². The van der Waals surface area contributed by atoms with E-state index in [0.29, 0.717) is 5.56 Å². The average Bonchev–Trinajstić information content (AvgIpc) is 2.22. The van der Waals surface area contributed by atoms with Crippen LogP contribution in [0.5, 0.6) is 0 Å². The maximum atomic E-state index is 13.5. The SMILES string of the molecule is COC(=O)Cc1c(C)cc([N+](=O)[O-])cc1F. The van der Waals surface area contributed by atoms with E-state index in [9.17, 15) is 19.3 Å². The molecule has 0 unspecified atom stereocenters. The zero-order valence-corrected chi connectivity index (χ0v) is 8.82. The van der Waals surface area contributed by atoms with Gasteiger partial charge in [-0.25, -0.2) is 4.39 Å². The van der Waals surface area contributed by atoms with E-state index in [-0.39, 0.29) is 17.7 Å². The first-order chi connectivity index (χ1) is 7.45. The van der Waals surface area contributed by atoms with Gasteiger partial charge < -0.3 is 4.74 Å². The van der Waals surface area contributed by atoms with Crippen LogP contribution in [0.2, 0.25) is 0 Å². The largest absolute Gasteiger partial charge is 0.469 e. The maximum Gasteiger partial charge on any atom is 0.310 e. The number of carbonyl (C=O) groups excluding carboxylic acids is 1. The molecule has 0 saturated heterocycles. The number of nitro groups is 1. The summed E-state index contributed by atoms with van der Waals surface area (Å²) in [5, 5.41) is 10.4. The van der Waals surface area contributed by atoms with E-state index in [2.05, 4.69) is 4.74 Å². The highest BCUT2D eigenvalue weighted by Crippen LogP contribution is 2.21. The first-order valence-corrected chi connectivity index (χ1v) is 4.46. The Hall–Kier alpha value is -1.98. The lowest BCUT2D eigenvalue weighted by Gasteiger charge is -2.05. The van der Waals surface area contributed by atoms with Gasteiger partial charge in [0.25, 0.3) is 5.69 Å². The highest BCUT2D eigenvalue weighted by Gasteiger charge is 2.16. The molecule has 0 fully saturated rings. The molecule has 0 spiro atoms. The van der Waals surface area contributed by atoms with Gasteiger partial charge in [-0.2, -0.15) is 0 Å². The second-order valence-electron chi connectivity index (χ2n) is 3.23. The number of hydrogen-bond acceptors (Lipinski definition) is 4. The first kappa shape index (κ1) is 12.1. The molecule has 0 bridgehead atoms. The smallest absolute Gasteiger partial charge is 0.310 e. The number of non-ortho nitro benzene ring substituents is 1. The number of benzene rings is 1. The summed E-state index contributed by atoms with van der Waals surface area (Å²) in [4.78, 5) is 20.7. The van der Waals surface area contributed by atoms with Crippen molar-refractivity contribution >= 4 is 11.7 Å². The lowest BCUT2D eigenvalue weighted by molar-refractivity contribution is -0.385. The van der Waals surface area contributed by atoms with Crippen molar-refractivity contribution in [2.45, 2.75) is 13.3 Å². The number of halogens is 1. The van der Waals surface area contributed by atoms with Crippen LogP contribution in [0.25, 0.3) is 0 Å². The molecule has 0 aliphatic carbocycles. The Labute approximate surface area is 91.0 Å². The van der Waals surface area contributed by atoms with E-state index in [1.54, 1.807) is 0 Å². The summed E-state index contributed by atoms with van der Waals surface area (Å²) < 4.78 is 17.9. The summed E-state index contributed by atoms with van der Waals surface area (Å²) in [7, 11) is 1.20. The van der Waals surface area contributed by atoms with Crippen LogP contribution in [0, 0.1) is 22.9 Å². The Morgan fingerprint density at radius 3 is 2.62 bits per heavy atom. The summed E-state index contributed by atoms with van der Waals surface area (Å²) in [5.41, 5.74) is 0.151. The molecule has 1 aromatic rings. The van der Waals surface area contributed by atoms with Gasteiger partial charge in [0.15, 0.2) is 0 Å². The number of rotatable bonds is 3. The predicted octanol–water partition coefficient (Wildman–Crippen LogP) is 1.76. The first-order valence-electron chi connectivity index (χ1n) is 4.46. The molecule has 0 saturated carbocycles. The number of nitrogens with zero attached hydrogens (tertiary/aromatic N) is 1. The Balaban J connectivity index is 3.12. The van der Waals surface area contributed by atoms with Crippen LogP contribution in [-0.2, 0) is 16.0 Å². The van der Waals surface area contributed by atoms with E-state index in [1.165, 1.54) is 20.1 Å². The third kappa shape index (κ3) is 2.53. The molecule has 0 amide bonds. The molecule has 6 heteroatoms. The van der Waals surface area contributed by atoms with Crippen molar-refractivity contribution in [3.8, 4) is 0 Å². The molecule has 86 valence electrons. The van der Waals surface area contributed by atoms with Gasteiger partial charge in [0.05, 0.1) is 24.5 Å². The number of methoxy groups -OCH3 is 1. The number of carbonyl (C=O) groups is 1. The van der Waals surface area contributed by atoms with Gasteiger partial charge >= 0.3 is 5.97 Å². The topological polar surface area (TPSA) is 69.4 Å². The molecule has 16 heavy (non-hydrogen) atoms.